The molecule has 0 aliphatic rings. The van der Waals surface area contributed by atoms with Crippen molar-refractivity contribution in [2.45, 2.75) is 40.7 Å². The summed E-state index contributed by atoms with van der Waals surface area (Å²) in [6, 6.07) is 7.27. The van der Waals surface area contributed by atoms with Gasteiger partial charge in [-0.2, -0.15) is 0 Å². The Balaban J connectivity index is 2.01. The Labute approximate surface area is 145 Å². The monoisotopic (exact) mass is 346 g/mol. The van der Waals surface area contributed by atoms with E-state index in [4.69, 9.17) is 0 Å². The van der Waals surface area contributed by atoms with Crippen molar-refractivity contribution in [3.05, 3.63) is 29.8 Å². The van der Waals surface area contributed by atoms with Crippen LogP contribution in [0, 0.1) is 12.3 Å². The van der Waals surface area contributed by atoms with Crippen molar-refractivity contribution < 1.29 is 9.59 Å². The van der Waals surface area contributed by atoms with E-state index in [1.807, 2.05) is 31.2 Å². The average Bonchev–Trinajstić information content (AvgIpc) is 2.94. The summed E-state index contributed by atoms with van der Waals surface area (Å²) in [5.41, 5.74) is 1.55. The van der Waals surface area contributed by atoms with Crippen LogP contribution in [0.2, 0.25) is 0 Å². The summed E-state index contributed by atoms with van der Waals surface area (Å²) in [4.78, 5) is 24.1. The minimum atomic E-state index is -0.650. The van der Waals surface area contributed by atoms with Gasteiger partial charge in [0.2, 0.25) is 16.9 Å². The van der Waals surface area contributed by atoms with Crippen molar-refractivity contribution in [2.24, 2.45) is 5.41 Å². The largest absolute Gasteiger partial charge is 0.344 e. The van der Waals surface area contributed by atoms with Crippen LogP contribution in [0.1, 0.15) is 33.3 Å². The van der Waals surface area contributed by atoms with Gasteiger partial charge in [0, 0.05) is 11.0 Å². The number of aromatic nitrogens is 2. The van der Waals surface area contributed by atoms with E-state index >= 15 is 0 Å². The molecule has 1 aromatic heterocycles. The first-order valence-electron chi connectivity index (χ1n) is 7.69. The molecule has 2 amide bonds. The Hall–Kier alpha value is -2.28. The molecular weight excluding hydrogens is 324 g/mol. The summed E-state index contributed by atoms with van der Waals surface area (Å²) in [6.45, 7) is 9.04. The molecule has 1 atom stereocenters. The lowest BCUT2D eigenvalue weighted by Crippen LogP contribution is -2.46. The molecule has 0 aliphatic carbocycles. The molecule has 0 fully saturated rings. The number of nitrogens with one attached hydrogen (secondary N) is 2. The van der Waals surface area contributed by atoms with Gasteiger partial charge in [0.1, 0.15) is 11.0 Å². The molecule has 2 N–H and O–H groups in total. The molecule has 0 bridgehead atoms. The van der Waals surface area contributed by atoms with E-state index in [1.54, 1.807) is 27.7 Å². The number of aryl methyl sites for hydroxylation is 1. The minimum absolute atomic E-state index is 0.178. The Morgan fingerprint density at radius 3 is 2.54 bits per heavy atom. The molecule has 0 saturated heterocycles. The fourth-order valence-corrected chi connectivity index (χ4v) is 2.60. The van der Waals surface area contributed by atoms with E-state index in [1.165, 1.54) is 11.3 Å². The summed E-state index contributed by atoms with van der Waals surface area (Å²) in [5.74, 6) is -0.498. The van der Waals surface area contributed by atoms with Crippen LogP contribution in [-0.2, 0) is 9.59 Å². The van der Waals surface area contributed by atoms with Crippen molar-refractivity contribution >= 4 is 28.3 Å². The Morgan fingerprint density at radius 1 is 1.21 bits per heavy atom. The van der Waals surface area contributed by atoms with Gasteiger partial charge in [-0.05, 0) is 19.9 Å². The maximum absolute atomic E-state index is 12.2. The summed E-state index contributed by atoms with van der Waals surface area (Å²) >= 11 is 1.30. The van der Waals surface area contributed by atoms with Crippen molar-refractivity contribution in [1.82, 2.24) is 15.5 Å². The molecule has 0 radical (unpaired) electrons. The second kappa shape index (κ2) is 7.09. The SMILES string of the molecule is Cc1cccc(-c2nnc(NC(=O)[C@H](C)NC(=O)C(C)(C)C)s2)c1. The van der Waals surface area contributed by atoms with Gasteiger partial charge < -0.3 is 5.32 Å². The first-order chi connectivity index (χ1) is 11.2. The smallest absolute Gasteiger partial charge is 0.248 e. The van der Waals surface area contributed by atoms with Crippen molar-refractivity contribution in [3.63, 3.8) is 0 Å². The first-order valence-corrected chi connectivity index (χ1v) is 8.51. The molecule has 0 spiro atoms. The topological polar surface area (TPSA) is 84.0 Å². The summed E-state index contributed by atoms with van der Waals surface area (Å²) < 4.78 is 0. The predicted molar refractivity (Wildman–Crippen MR) is 95.8 cm³/mol. The number of amides is 2. The Kier molecular flexibility index (Phi) is 5.33. The van der Waals surface area contributed by atoms with Gasteiger partial charge >= 0.3 is 0 Å². The van der Waals surface area contributed by atoms with Crippen molar-refractivity contribution in [3.8, 4) is 10.6 Å². The second-order valence-corrected chi connectivity index (χ2v) is 7.69. The van der Waals surface area contributed by atoms with Crippen LogP contribution < -0.4 is 10.6 Å². The maximum atomic E-state index is 12.2. The Morgan fingerprint density at radius 2 is 1.92 bits per heavy atom. The van der Waals surface area contributed by atoms with E-state index in [2.05, 4.69) is 20.8 Å². The quantitative estimate of drug-likeness (QED) is 0.891. The van der Waals surface area contributed by atoms with E-state index in [9.17, 15) is 9.59 Å². The van der Waals surface area contributed by atoms with Crippen LogP contribution >= 0.6 is 11.3 Å². The van der Waals surface area contributed by atoms with Gasteiger partial charge in [-0.15, -0.1) is 10.2 Å². The van der Waals surface area contributed by atoms with Crippen LogP contribution in [0.4, 0.5) is 5.13 Å². The predicted octanol–water partition coefficient (Wildman–Crippen LogP) is 3.00. The number of hydrogen-bond acceptors (Lipinski definition) is 5. The summed E-state index contributed by atoms with van der Waals surface area (Å²) in [7, 11) is 0. The third-order valence-electron chi connectivity index (χ3n) is 3.34. The van der Waals surface area contributed by atoms with Gasteiger partial charge in [0.15, 0.2) is 0 Å². The highest BCUT2D eigenvalue weighted by Gasteiger charge is 2.25. The van der Waals surface area contributed by atoms with Gasteiger partial charge in [-0.3, -0.25) is 14.9 Å². The molecule has 7 heteroatoms. The number of anilines is 1. The normalized spacial score (nSPS) is 12.5. The highest BCUT2D eigenvalue weighted by molar-refractivity contribution is 7.18. The van der Waals surface area contributed by atoms with Gasteiger partial charge in [-0.1, -0.05) is 55.9 Å². The molecule has 24 heavy (non-hydrogen) atoms. The summed E-state index contributed by atoms with van der Waals surface area (Å²) in [5, 5.41) is 14.6. The fraction of sp³-hybridized carbons (Fsp3) is 0.412. The number of nitrogens with zero attached hydrogens (tertiary/aromatic N) is 2. The molecule has 2 aromatic rings. The lowest BCUT2D eigenvalue weighted by Gasteiger charge is -2.21. The number of benzene rings is 1. The second-order valence-electron chi connectivity index (χ2n) is 6.72. The van der Waals surface area contributed by atoms with E-state index in [-0.39, 0.29) is 11.8 Å². The van der Waals surface area contributed by atoms with E-state index in [0.717, 1.165) is 16.1 Å². The van der Waals surface area contributed by atoms with Crippen LogP contribution in [0.5, 0.6) is 0 Å². The van der Waals surface area contributed by atoms with Crippen LogP contribution in [0.25, 0.3) is 10.6 Å². The van der Waals surface area contributed by atoms with Gasteiger partial charge in [0.05, 0.1) is 0 Å². The maximum Gasteiger partial charge on any atom is 0.248 e. The lowest BCUT2D eigenvalue weighted by molar-refractivity contribution is -0.131. The minimum Gasteiger partial charge on any atom is -0.344 e. The zero-order chi connectivity index (χ0) is 17.9. The van der Waals surface area contributed by atoms with Crippen LogP contribution in [-0.4, -0.2) is 28.1 Å². The zero-order valence-electron chi connectivity index (χ0n) is 14.5. The molecule has 0 saturated carbocycles. The zero-order valence-corrected chi connectivity index (χ0v) is 15.3. The molecule has 128 valence electrons. The average molecular weight is 346 g/mol. The van der Waals surface area contributed by atoms with Gasteiger partial charge in [-0.25, -0.2) is 0 Å². The third-order valence-corrected chi connectivity index (χ3v) is 4.23. The number of carbonyl (C=O) groups excluding carboxylic acids is 2. The molecule has 1 aromatic carbocycles. The number of carbonyl (C=O) groups is 2. The van der Waals surface area contributed by atoms with Crippen LogP contribution in [0.3, 0.4) is 0 Å². The molecule has 2 rings (SSSR count). The first kappa shape index (κ1) is 18.1. The van der Waals surface area contributed by atoms with E-state index in [0.29, 0.717) is 5.13 Å². The Bertz CT molecular complexity index is 749. The number of rotatable bonds is 4. The van der Waals surface area contributed by atoms with Crippen molar-refractivity contribution in [1.29, 1.82) is 0 Å². The highest BCUT2D eigenvalue weighted by Crippen LogP contribution is 2.26. The van der Waals surface area contributed by atoms with Crippen LogP contribution in [0.15, 0.2) is 24.3 Å². The molecule has 0 aliphatic heterocycles. The molecular formula is C17H22N4O2S. The highest BCUT2D eigenvalue weighted by atomic mass is 32.1. The standard InChI is InChI=1S/C17H22N4O2S/c1-10-7-6-8-12(9-10)14-20-21-16(24-14)19-13(22)11(2)18-15(23)17(3,4)5/h6-9,11H,1-5H3,(H,18,23)(H,19,21,22)/t11-/m0/s1. The van der Waals surface area contributed by atoms with Crippen molar-refractivity contribution in [2.75, 3.05) is 5.32 Å². The fourth-order valence-electron chi connectivity index (χ4n) is 1.86. The third kappa shape index (κ3) is 4.61. The number of hydrogen-bond donors (Lipinski definition) is 2. The molecule has 1 heterocycles. The van der Waals surface area contributed by atoms with E-state index < -0.39 is 11.5 Å². The van der Waals surface area contributed by atoms with Gasteiger partial charge in [0.25, 0.3) is 0 Å². The molecule has 6 nitrogen and oxygen atoms in total. The lowest BCUT2D eigenvalue weighted by atomic mass is 9.95. The molecule has 0 unspecified atom stereocenters. The summed E-state index contributed by atoms with van der Waals surface area (Å²) in [6.07, 6.45) is 0.